The van der Waals surface area contributed by atoms with Crippen LogP contribution in [0.25, 0.3) is 0 Å². The van der Waals surface area contributed by atoms with Gasteiger partial charge in [0.1, 0.15) is 0 Å². The third kappa shape index (κ3) is 4.13. The Morgan fingerprint density at radius 2 is 2.27 bits per heavy atom. The van der Waals surface area contributed by atoms with E-state index in [9.17, 15) is 0 Å². The van der Waals surface area contributed by atoms with E-state index in [1.807, 2.05) is 24.8 Å². The van der Waals surface area contributed by atoms with Crippen molar-refractivity contribution in [3.63, 3.8) is 0 Å². The maximum absolute atomic E-state index is 9.07. The first-order valence-corrected chi connectivity index (χ1v) is 7.14. The Balaban J connectivity index is 2.53. The Labute approximate surface area is 104 Å². The second-order valence-corrected chi connectivity index (χ2v) is 5.21. The highest BCUT2D eigenvalue weighted by molar-refractivity contribution is 9.09. The van der Waals surface area contributed by atoms with Gasteiger partial charge < -0.3 is 5.11 Å². The lowest BCUT2D eigenvalue weighted by molar-refractivity contribution is 0.275. The van der Waals surface area contributed by atoms with E-state index in [1.165, 1.54) is 17.7 Å². The van der Waals surface area contributed by atoms with E-state index < -0.39 is 0 Å². The predicted octanol–water partition coefficient (Wildman–Crippen LogP) is 3.15. The number of halogens is 1. The number of nitrogens with zero attached hydrogens (tertiary/aromatic N) is 1. The summed E-state index contributed by atoms with van der Waals surface area (Å²) in [6.45, 7) is 2.05. The Morgan fingerprint density at radius 1 is 1.47 bits per heavy atom. The summed E-state index contributed by atoms with van der Waals surface area (Å²) in [4.78, 5) is 5.37. The zero-order valence-electron chi connectivity index (χ0n) is 8.87. The van der Waals surface area contributed by atoms with Gasteiger partial charge in [0, 0.05) is 16.4 Å². The summed E-state index contributed by atoms with van der Waals surface area (Å²) >= 11 is 5.27. The van der Waals surface area contributed by atoms with Crippen molar-refractivity contribution in [1.29, 1.82) is 0 Å². The zero-order valence-corrected chi connectivity index (χ0v) is 11.3. The predicted molar refractivity (Wildman–Crippen MR) is 68.6 cm³/mol. The van der Waals surface area contributed by atoms with E-state index >= 15 is 0 Å². The molecule has 0 amide bonds. The molecule has 1 N–H and O–H groups in total. The SMILES string of the molecule is Cc1c(SCCCCBr)ccnc1CO. The minimum atomic E-state index is 0.0294. The first-order chi connectivity index (χ1) is 7.29. The van der Waals surface area contributed by atoms with Crippen LogP contribution >= 0.6 is 27.7 Å². The van der Waals surface area contributed by atoms with Gasteiger partial charge in [-0.3, -0.25) is 4.98 Å². The summed E-state index contributed by atoms with van der Waals surface area (Å²) in [5, 5.41) is 10.1. The average molecular weight is 290 g/mol. The molecule has 1 heterocycles. The summed E-state index contributed by atoms with van der Waals surface area (Å²) in [6, 6.07) is 2.02. The van der Waals surface area contributed by atoms with Crippen LogP contribution in [0.3, 0.4) is 0 Å². The van der Waals surface area contributed by atoms with Crippen LogP contribution in [0.2, 0.25) is 0 Å². The van der Waals surface area contributed by atoms with E-state index in [-0.39, 0.29) is 6.61 Å². The molecule has 2 nitrogen and oxygen atoms in total. The highest BCUT2D eigenvalue weighted by Crippen LogP contribution is 2.24. The van der Waals surface area contributed by atoms with Gasteiger partial charge in [-0.05, 0) is 37.1 Å². The topological polar surface area (TPSA) is 33.1 Å². The average Bonchev–Trinajstić information content (AvgIpc) is 2.26. The molecule has 0 aliphatic rings. The van der Waals surface area contributed by atoms with Gasteiger partial charge in [-0.25, -0.2) is 0 Å². The van der Waals surface area contributed by atoms with E-state index in [4.69, 9.17) is 5.11 Å². The highest BCUT2D eigenvalue weighted by atomic mass is 79.9. The molecule has 0 aliphatic carbocycles. The summed E-state index contributed by atoms with van der Waals surface area (Å²) in [5.74, 6) is 1.13. The van der Waals surface area contributed by atoms with E-state index in [1.54, 1.807) is 6.20 Å². The molecule has 0 fully saturated rings. The second kappa shape index (κ2) is 7.25. The number of alkyl halides is 1. The van der Waals surface area contributed by atoms with Gasteiger partial charge in [0.15, 0.2) is 0 Å². The van der Waals surface area contributed by atoms with Crippen LogP contribution in [0.4, 0.5) is 0 Å². The molecule has 0 radical (unpaired) electrons. The normalized spacial score (nSPS) is 10.6. The lowest BCUT2D eigenvalue weighted by Crippen LogP contribution is -1.95. The molecule has 0 unspecified atom stereocenters. The maximum atomic E-state index is 9.07. The third-order valence-corrected chi connectivity index (χ3v) is 4.00. The summed E-state index contributed by atoms with van der Waals surface area (Å²) in [5.41, 5.74) is 1.91. The minimum absolute atomic E-state index is 0.0294. The lowest BCUT2D eigenvalue weighted by atomic mass is 10.2. The molecule has 1 rings (SSSR count). The Hall–Kier alpha value is -0.0600. The standard InChI is InChI=1S/C11H16BrNOS/c1-9-10(8-14)13-6-4-11(9)15-7-3-2-5-12/h4,6,14H,2-3,5,7-8H2,1H3. The number of unbranched alkanes of at least 4 members (excludes halogenated alkanes) is 1. The van der Waals surface area contributed by atoms with Crippen LogP contribution in [0.15, 0.2) is 17.2 Å². The molecule has 0 saturated carbocycles. The fourth-order valence-corrected chi connectivity index (χ4v) is 2.71. The fraction of sp³-hybridized carbons (Fsp3) is 0.545. The number of hydrogen-bond donors (Lipinski definition) is 1. The quantitative estimate of drug-likeness (QED) is 0.496. The maximum Gasteiger partial charge on any atom is 0.0856 e. The van der Waals surface area contributed by atoms with Crippen LogP contribution in [-0.2, 0) is 6.61 Å². The monoisotopic (exact) mass is 289 g/mol. The Kier molecular flexibility index (Phi) is 6.29. The van der Waals surface area contributed by atoms with Gasteiger partial charge in [-0.15, -0.1) is 11.8 Å². The third-order valence-electron chi connectivity index (χ3n) is 2.19. The molecule has 0 aromatic carbocycles. The molecule has 4 heteroatoms. The van der Waals surface area contributed by atoms with Gasteiger partial charge in [0.05, 0.1) is 12.3 Å². The Bertz CT molecular complexity index is 307. The number of hydrogen-bond acceptors (Lipinski definition) is 3. The van der Waals surface area contributed by atoms with Crippen molar-refractivity contribution in [1.82, 2.24) is 4.98 Å². The van der Waals surface area contributed by atoms with E-state index in [0.29, 0.717) is 0 Å². The summed E-state index contributed by atoms with van der Waals surface area (Å²) < 4.78 is 0. The van der Waals surface area contributed by atoms with Crippen LogP contribution in [0.5, 0.6) is 0 Å². The smallest absolute Gasteiger partial charge is 0.0856 e. The summed E-state index contributed by atoms with van der Waals surface area (Å²) in [6.07, 6.45) is 4.20. The van der Waals surface area contributed by atoms with Crippen molar-refractivity contribution in [2.75, 3.05) is 11.1 Å². The van der Waals surface area contributed by atoms with Crippen molar-refractivity contribution in [3.05, 3.63) is 23.5 Å². The number of rotatable bonds is 6. The van der Waals surface area contributed by atoms with Gasteiger partial charge in [-0.1, -0.05) is 15.9 Å². The largest absolute Gasteiger partial charge is 0.390 e. The molecule has 84 valence electrons. The summed E-state index contributed by atoms with van der Waals surface area (Å²) in [7, 11) is 0. The molecule has 0 bridgehead atoms. The van der Waals surface area contributed by atoms with Crippen LogP contribution in [0.1, 0.15) is 24.1 Å². The van der Waals surface area contributed by atoms with Gasteiger partial charge >= 0.3 is 0 Å². The molecule has 1 aromatic rings. The highest BCUT2D eigenvalue weighted by Gasteiger charge is 2.04. The van der Waals surface area contributed by atoms with Crippen molar-refractivity contribution < 1.29 is 5.11 Å². The second-order valence-electron chi connectivity index (χ2n) is 3.28. The molecule has 0 spiro atoms. The first kappa shape index (κ1) is 13.0. The number of aromatic nitrogens is 1. The van der Waals surface area contributed by atoms with Crippen LogP contribution in [-0.4, -0.2) is 21.2 Å². The lowest BCUT2D eigenvalue weighted by Gasteiger charge is -2.07. The minimum Gasteiger partial charge on any atom is -0.390 e. The molecule has 0 saturated heterocycles. The molecular weight excluding hydrogens is 274 g/mol. The van der Waals surface area contributed by atoms with E-state index in [0.717, 1.165) is 22.3 Å². The number of pyridine rings is 1. The molecule has 15 heavy (non-hydrogen) atoms. The van der Waals surface area contributed by atoms with Gasteiger partial charge in [-0.2, -0.15) is 0 Å². The van der Waals surface area contributed by atoms with Crippen molar-refractivity contribution in [3.8, 4) is 0 Å². The van der Waals surface area contributed by atoms with Gasteiger partial charge in [0.25, 0.3) is 0 Å². The molecule has 0 aliphatic heterocycles. The van der Waals surface area contributed by atoms with Crippen molar-refractivity contribution in [2.45, 2.75) is 31.3 Å². The van der Waals surface area contributed by atoms with E-state index in [2.05, 4.69) is 20.9 Å². The van der Waals surface area contributed by atoms with Crippen molar-refractivity contribution >= 4 is 27.7 Å². The fourth-order valence-electron chi connectivity index (χ4n) is 1.25. The first-order valence-electron chi connectivity index (χ1n) is 5.03. The Morgan fingerprint density at radius 3 is 2.93 bits per heavy atom. The van der Waals surface area contributed by atoms with Crippen molar-refractivity contribution in [2.24, 2.45) is 0 Å². The number of thioether (sulfide) groups is 1. The number of aliphatic hydroxyl groups excluding tert-OH is 1. The van der Waals surface area contributed by atoms with Gasteiger partial charge in [0.2, 0.25) is 0 Å². The molecule has 1 aromatic heterocycles. The van der Waals surface area contributed by atoms with Crippen LogP contribution in [0, 0.1) is 6.92 Å². The number of aliphatic hydroxyl groups is 1. The molecular formula is C11H16BrNOS. The zero-order chi connectivity index (χ0) is 11.1. The molecule has 0 atom stereocenters. The van der Waals surface area contributed by atoms with Crippen LogP contribution < -0.4 is 0 Å².